The Labute approximate surface area is 105 Å². The molecule has 3 N–H and O–H groups in total. The molecule has 0 radical (unpaired) electrons. The molecule has 0 bridgehead atoms. The molecule has 18 heavy (non-hydrogen) atoms. The van der Waals surface area contributed by atoms with Crippen molar-refractivity contribution in [2.24, 2.45) is 5.73 Å². The molecule has 0 heterocycles. The molecule has 98 valence electrons. The van der Waals surface area contributed by atoms with E-state index in [1.165, 1.54) is 25.3 Å². The summed E-state index contributed by atoms with van der Waals surface area (Å²) in [6.45, 7) is 0. The Kier molecular flexibility index (Phi) is 5.32. The highest BCUT2D eigenvalue weighted by atomic mass is 19.1. The molecule has 0 saturated carbocycles. The van der Waals surface area contributed by atoms with Gasteiger partial charge in [0, 0.05) is 5.56 Å². The van der Waals surface area contributed by atoms with Crippen LogP contribution in [0.25, 0.3) is 6.08 Å². The van der Waals surface area contributed by atoms with Gasteiger partial charge in [0.1, 0.15) is 17.6 Å². The van der Waals surface area contributed by atoms with Crippen LogP contribution in [0.5, 0.6) is 5.75 Å². The summed E-state index contributed by atoms with van der Waals surface area (Å²) in [7, 11) is 1.50. The largest absolute Gasteiger partial charge is 0.496 e. The van der Waals surface area contributed by atoms with E-state index in [1.807, 2.05) is 0 Å². The van der Waals surface area contributed by atoms with Crippen molar-refractivity contribution in [2.75, 3.05) is 7.11 Å². The zero-order valence-corrected chi connectivity index (χ0v) is 10.1. The summed E-state index contributed by atoms with van der Waals surface area (Å²) in [6, 6.07) is 3.34. The second-order valence-corrected chi connectivity index (χ2v) is 3.81. The van der Waals surface area contributed by atoms with E-state index in [9.17, 15) is 9.18 Å². The maximum atomic E-state index is 13.0. The van der Waals surface area contributed by atoms with E-state index in [1.54, 1.807) is 12.2 Å². The van der Waals surface area contributed by atoms with Crippen molar-refractivity contribution in [3.63, 3.8) is 0 Å². The zero-order chi connectivity index (χ0) is 13.5. The molecule has 1 rings (SSSR count). The van der Waals surface area contributed by atoms with Crippen LogP contribution >= 0.6 is 0 Å². The number of methoxy groups -OCH3 is 1. The van der Waals surface area contributed by atoms with Gasteiger partial charge >= 0.3 is 5.97 Å². The lowest BCUT2D eigenvalue weighted by Crippen LogP contribution is -2.29. The molecule has 0 aliphatic heterocycles. The van der Waals surface area contributed by atoms with Gasteiger partial charge in [0.2, 0.25) is 0 Å². The standard InChI is InChI=1S/C13H16FNO3/c1-18-12-7-6-10(14)8-9(12)4-2-3-5-11(15)13(16)17/h2,4,6-8,11H,3,5,15H2,1H3,(H,16,17)/b4-2+. The minimum atomic E-state index is -1.02. The van der Waals surface area contributed by atoms with E-state index in [0.29, 0.717) is 24.2 Å². The predicted molar refractivity (Wildman–Crippen MR) is 66.8 cm³/mol. The number of carboxylic acid groups (broad SMARTS) is 1. The van der Waals surface area contributed by atoms with Crippen molar-refractivity contribution in [3.8, 4) is 5.75 Å². The third kappa shape index (κ3) is 4.18. The smallest absolute Gasteiger partial charge is 0.320 e. The fraction of sp³-hybridized carbons (Fsp3) is 0.308. The molecule has 1 aromatic carbocycles. The number of nitrogens with two attached hydrogens (primary N) is 1. The monoisotopic (exact) mass is 253 g/mol. The van der Waals surface area contributed by atoms with Crippen LogP contribution in [0.3, 0.4) is 0 Å². The highest BCUT2D eigenvalue weighted by molar-refractivity contribution is 5.73. The van der Waals surface area contributed by atoms with Gasteiger partial charge in [-0.1, -0.05) is 12.2 Å². The van der Waals surface area contributed by atoms with Crippen LogP contribution < -0.4 is 10.5 Å². The molecule has 1 atom stereocenters. The summed E-state index contributed by atoms with van der Waals surface area (Å²) in [5.74, 6) is -0.806. The molecule has 0 aliphatic carbocycles. The number of aliphatic carboxylic acids is 1. The molecule has 0 aromatic heterocycles. The number of hydrogen-bond acceptors (Lipinski definition) is 3. The van der Waals surface area contributed by atoms with Crippen LogP contribution in [0.2, 0.25) is 0 Å². The second kappa shape index (κ2) is 6.76. The van der Waals surface area contributed by atoms with Gasteiger partial charge in [0.25, 0.3) is 0 Å². The summed E-state index contributed by atoms with van der Waals surface area (Å²) in [6.07, 6.45) is 4.28. The molecular weight excluding hydrogens is 237 g/mol. The number of ether oxygens (including phenoxy) is 1. The van der Waals surface area contributed by atoms with Crippen molar-refractivity contribution in [3.05, 3.63) is 35.7 Å². The average Bonchev–Trinajstić information content (AvgIpc) is 2.34. The first-order valence-electron chi connectivity index (χ1n) is 5.53. The van der Waals surface area contributed by atoms with Crippen LogP contribution in [0.1, 0.15) is 18.4 Å². The minimum absolute atomic E-state index is 0.337. The van der Waals surface area contributed by atoms with Crippen molar-refractivity contribution in [1.82, 2.24) is 0 Å². The first-order valence-corrected chi connectivity index (χ1v) is 5.53. The van der Waals surface area contributed by atoms with E-state index in [4.69, 9.17) is 15.6 Å². The molecular formula is C13H16FNO3. The lowest BCUT2D eigenvalue weighted by molar-refractivity contribution is -0.138. The van der Waals surface area contributed by atoms with Crippen molar-refractivity contribution in [1.29, 1.82) is 0 Å². The van der Waals surface area contributed by atoms with Crippen LogP contribution in [-0.4, -0.2) is 24.2 Å². The van der Waals surface area contributed by atoms with Gasteiger partial charge in [-0.05, 0) is 31.0 Å². The molecule has 4 nitrogen and oxygen atoms in total. The molecule has 0 amide bonds. The number of carbonyl (C=O) groups is 1. The first kappa shape index (κ1) is 14.2. The van der Waals surface area contributed by atoms with Gasteiger partial charge in [0.05, 0.1) is 7.11 Å². The quantitative estimate of drug-likeness (QED) is 0.813. The van der Waals surface area contributed by atoms with Crippen LogP contribution in [-0.2, 0) is 4.79 Å². The topological polar surface area (TPSA) is 72.5 Å². The fourth-order valence-electron chi connectivity index (χ4n) is 1.45. The Hall–Kier alpha value is -1.88. The van der Waals surface area contributed by atoms with Gasteiger partial charge < -0.3 is 15.6 Å². The summed E-state index contributed by atoms with van der Waals surface area (Å²) >= 11 is 0. The second-order valence-electron chi connectivity index (χ2n) is 3.81. The van der Waals surface area contributed by atoms with E-state index in [0.717, 1.165) is 0 Å². The third-order valence-corrected chi connectivity index (χ3v) is 2.45. The van der Waals surface area contributed by atoms with E-state index < -0.39 is 12.0 Å². The van der Waals surface area contributed by atoms with E-state index in [-0.39, 0.29) is 5.82 Å². The van der Waals surface area contributed by atoms with Gasteiger partial charge in [-0.3, -0.25) is 4.79 Å². The van der Waals surface area contributed by atoms with Crippen molar-refractivity contribution in [2.45, 2.75) is 18.9 Å². The van der Waals surface area contributed by atoms with Crippen LogP contribution in [0, 0.1) is 5.82 Å². The lowest BCUT2D eigenvalue weighted by atomic mass is 10.1. The normalized spacial score (nSPS) is 12.6. The zero-order valence-electron chi connectivity index (χ0n) is 10.1. The average molecular weight is 253 g/mol. The Balaban J connectivity index is 2.61. The molecule has 1 aromatic rings. The SMILES string of the molecule is COc1ccc(F)cc1/C=C/CCC(N)C(=O)O. The maximum absolute atomic E-state index is 13.0. The van der Waals surface area contributed by atoms with Crippen molar-refractivity contribution >= 4 is 12.0 Å². The summed E-state index contributed by atoms with van der Waals surface area (Å²) in [5, 5.41) is 8.60. The summed E-state index contributed by atoms with van der Waals surface area (Å²) in [4.78, 5) is 10.5. The molecule has 0 saturated heterocycles. The molecule has 0 fully saturated rings. The highest BCUT2D eigenvalue weighted by Crippen LogP contribution is 2.20. The first-order chi connectivity index (χ1) is 8.54. The molecule has 0 spiro atoms. The van der Waals surface area contributed by atoms with Crippen molar-refractivity contribution < 1.29 is 19.0 Å². The Morgan fingerprint density at radius 1 is 1.61 bits per heavy atom. The number of benzene rings is 1. The van der Waals surface area contributed by atoms with Gasteiger partial charge in [-0.2, -0.15) is 0 Å². The van der Waals surface area contributed by atoms with Crippen LogP contribution in [0.4, 0.5) is 4.39 Å². The Morgan fingerprint density at radius 2 is 2.33 bits per heavy atom. The molecule has 0 aliphatic rings. The fourth-order valence-corrected chi connectivity index (χ4v) is 1.45. The predicted octanol–water partition coefficient (Wildman–Crippen LogP) is 2.04. The van der Waals surface area contributed by atoms with Gasteiger partial charge in [0.15, 0.2) is 0 Å². The van der Waals surface area contributed by atoms with Gasteiger partial charge in [-0.15, -0.1) is 0 Å². The maximum Gasteiger partial charge on any atom is 0.320 e. The molecule has 1 unspecified atom stereocenters. The third-order valence-electron chi connectivity index (χ3n) is 2.45. The Morgan fingerprint density at radius 3 is 2.94 bits per heavy atom. The minimum Gasteiger partial charge on any atom is -0.496 e. The summed E-state index contributed by atoms with van der Waals surface area (Å²) < 4.78 is 18.1. The highest BCUT2D eigenvalue weighted by Gasteiger charge is 2.09. The van der Waals surface area contributed by atoms with E-state index >= 15 is 0 Å². The molecule has 5 heteroatoms. The number of halogens is 1. The van der Waals surface area contributed by atoms with E-state index in [2.05, 4.69) is 0 Å². The van der Waals surface area contributed by atoms with Gasteiger partial charge in [-0.25, -0.2) is 4.39 Å². The number of hydrogen-bond donors (Lipinski definition) is 2. The number of rotatable bonds is 6. The summed E-state index contributed by atoms with van der Waals surface area (Å²) in [5.41, 5.74) is 5.97. The number of allylic oxidation sites excluding steroid dienone is 1. The Bertz CT molecular complexity index is 446. The van der Waals surface area contributed by atoms with Crippen LogP contribution in [0.15, 0.2) is 24.3 Å². The number of carboxylic acids is 1. The lowest BCUT2D eigenvalue weighted by Gasteiger charge is -2.05.